The number of rotatable bonds is 3. The van der Waals surface area contributed by atoms with E-state index in [4.69, 9.17) is 0 Å². The number of benzene rings is 15. The molecule has 5 aromatic heterocycles. The van der Waals surface area contributed by atoms with Crippen molar-refractivity contribution >= 4 is 190 Å². The molecule has 98 heavy (non-hydrogen) atoms. The Bertz CT molecular complexity index is 7300. The van der Waals surface area contributed by atoms with Crippen molar-refractivity contribution in [3.63, 3.8) is 0 Å². The van der Waals surface area contributed by atoms with Gasteiger partial charge in [-0.05, 0) is 154 Å². The molecule has 0 aliphatic carbocycles. The zero-order valence-corrected chi connectivity index (χ0v) is 54.2. The lowest BCUT2D eigenvalue weighted by Gasteiger charge is -2.24. The highest BCUT2D eigenvalue weighted by Crippen LogP contribution is 2.55. The standard InChI is InChI=1S/C94H60N4/c1-94(2,3)77-42-20-25-47-84(77)97-82-50-48-55(95-78-43-21-16-35-66(78)67-36-17-22-44-79(67)95)52-74(82)89-86-71-40-14-11-32-63(71)59-28-6-7-29-60(59)64-33-12-15-41-72(64)87(86)93-90(92(89)97)76-54-73-65-34-9-8-30-61(65)57-26-4-5-27-58(57)62-31-10-13-39-70(62)85(73)88-75-53-56(49-51-83(75)98(93)91(76)88)96-80-45-23-18-37-68(80)69-38-19-24-46-81(69)96/h4-54H,1-3H3. The van der Waals surface area contributed by atoms with Crippen molar-refractivity contribution in [2.24, 2.45) is 0 Å². The highest BCUT2D eigenvalue weighted by molar-refractivity contribution is 6.48. The SMILES string of the molecule is CC(C)(C)c1ccccc1-n1c2ccc(-n3c4ccccc4c4ccccc43)cc2c2c3c4ccccc4c4ccccc4c4ccccc4c3c3c(c4cc5c6ccccc6c6ccccc6c6ccccc6c5c5c6cc(-n7c8ccccc8c8ccccc87)ccc6n3c45)c21. The van der Waals surface area contributed by atoms with Crippen LogP contribution in [0.1, 0.15) is 26.3 Å². The molecular formula is C94H60N4. The maximum Gasteiger partial charge on any atom is 0.0648 e. The van der Waals surface area contributed by atoms with Gasteiger partial charge in [-0.15, -0.1) is 0 Å². The van der Waals surface area contributed by atoms with Crippen molar-refractivity contribution < 1.29 is 0 Å². The second-order valence-corrected chi connectivity index (χ2v) is 28.1. The lowest BCUT2D eigenvalue weighted by molar-refractivity contribution is 0.587. The first-order valence-corrected chi connectivity index (χ1v) is 34.3. The molecule has 4 heteroatoms. The fourth-order valence-corrected chi connectivity index (χ4v) is 18.3. The predicted molar refractivity (Wildman–Crippen MR) is 420 cm³/mol. The summed E-state index contributed by atoms with van der Waals surface area (Å²) >= 11 is 0. The quantitative estimate of drug-likeness (QED) is 0.168. The van der Waals surface area contributed by atoms with E-state index in [1.54, 1.807) is 0 Å². The van der Waals surface area contributed by atoms with Crippen LogP contribution < -0.4 is 0 Å². The smallest absolute Gasteiger partial charge is 0.0648 e. The number of hydrogen-bond donors (Lipinski definition) is 0. The highest BCUT2D eigenvalue weighted by atomic mass is 15.0. The van der Waals surface area contributed by atoms with Crippen molar-refractivity contribution in [2.75, 3.05) is 0 Å². The highest BCUT2D eigenvalue weighted by Gasteiger charge is 2.32. The van der Waals surface area contributed by atoms with Gasteiger partial charge in [0.25, 0.3) is 0 Å². The molecular weight excluding hydrogens is 1190 g/mol. The summed E-state index contributed by atoms with van der Waals surface area (Å²) in [6, 6.07) is 118. The third-order valence-electron chi connectivity index (χ3n) is 22.1. The largest absolute Gasteiger partial charge is 0.309 e. The minimum Gasteiger partial charge on any atom is -0.309 e. The molecule has 0 atom stereocenters. The average molecular weight is 1250 g/mol. The van der Waals surface area contributed by atoms with Crippen LogP contribution in [0.25, 0.3) is 207 Å². The van der Waals surface area contributed by atoms with Crippen LogP contribution in [0.2, 0.25) is 0 Å². The fraction of sp³-hybridized carbons (Fsp3) is 0.0426. The van der Waals surface area contributed by atoms with Crippen LogP contribution in [0.5, 0.6) is 0 Å². The average Bonchev–Trinajstić information content (AvgIpc) is 1.48. The molecule has 456 valence electrons. The van der Waals surface area contributed by atoms with Gasteiger partial charge in [0.05, 0.1) is 49.7 Å². The Morgan fingerprint density at radius 3 is 0.959 bits per heavy atom. The monoisotopic (exact) mass is 1240 g/mol. The summed E-state index contributed by atoms with van der Waals surface area (Å²) in [6.45, 7) is 7.13. The zero-order chi connectivity index (χ0) is 64.4. The van der Waals surface area contributed by atoms with Crippen molar-refractivity contribution in [1.82, 2.24) is 18.1 Å². The Kier molecular flexibility index (Phi) is 10.7. The Balaban J connectivity index is 1.09. The molecule has 0 amide bonds. The van der Waals surface area contributed by atoms with Gasteiger partial charge in [-0.1, -0.05) is 257 Å². The van der Waals surface area contributed by atoms with Crippen LogP contribution in [0.3, 0.4) is 0 Å². The molecule has 0 radical (unpaired) electrons. The summed E-state index contributed by atoms with van der Waals surface area (Å²) < 4.78 is 10.5. The van der Waals surface area contributed by atoms with Crippen LogP contribution in [0.4, 0.5) is 0 Å². The molecule has 17 aromatic carbocycles. The van der Waals surface area contributed by atoms with E-state index in [9.17, 15) is 0 Å². The van der Waals surface area contributed by atoms with Crippen molar-refractivity contribution in [3.8, 4) is 17.1 Å². The number of aromatic nitrogens is 4. The van der Waals surface area contributed by atoms with Crippen LogP contribution in [-0.4, -0.2) is 18.1 Å². The maximum atomic E-state index is 2.75. The Morgan fingerprint density at radius 2 is 0.510 bits per heavy atom. The van der Waals surface area contributed by atoms with E-state index in [0.717, 1.165) is 22.4 Å². The second kappa shape index (κ2) is 19.6. The van der Waals surface area contributed by atoms with Gasteiger partial charge in [-0.25, -0.2) is 0 Å². The van der Waals surface area contributed by atoms with Gasteiger partial charge in [-0.3, -0.25) is 0 Å². The summed E-state index contributed by atoms with van der Waals surface area (Å²) in [6.07, 6.45) is 0. The van der Waals surface area contributed by atoms with Crippen LogP contribution in [-0.2, 0) is 5.41 Å². The number of nitrogens with zero attached hydrogens (tertiary/aromatic N) is 4. The minimum absolute atomic E-state index is 0.233. The molecule has 22 rings (SSSR count). The summed E-state index contributed by atoms with van der Waals surface area (Å²) in [5, 5.41) is 31.7. The number of para-hydroxylation sites is 5. The lowest BCUT2D eigenvalue weighted by atomic mass is 9.85. The molecule has 5 heterocycles. The van der Waals surface area contributed by atoms with Gasteiger partial charge in [0, 0.05) is 87.1 Å². The number of fused-ring (bicyclic) bond motifs is 35. The van der Waals surface area contributed by atoms with Crippen LogP contribution >= 0.6 is 0 Å². The first kappa shape index (κ1) is 53.8. The molecule has 0 spiro atoms. The summed E-state index contributed by atoms with van der Waals surface area (Å²) in [5.41, 5.74) is 15.1. The molecule has 0 saturated heterocycles. The van der Waals surface area contributed by atoms with Gasteiger partial charge in [0.2, 0.25) is 0 Å². The minimum atomic E-state index is -0.233. The Hall–Kier alpha value is -12.5. The molecule has 0 saturated carbocycles. The Labute approximate surface area is 562 Å². The first-order chi connectivity index (χ1) is 48.4. The van der Waals surface area contributed by atoms with Crippen molar-refractivity contribution in [3.05, 3.63) is 315 Å². The summed E-state index contributed by atoms with van der Waals surface area (Å²) in [5.74, 6) is 0. The molecule has 22 aromatic rings. The van der Waals surface area contributed by atoms with Gasteiger partial charge in [-0.2, -0.15) is 0 Å². The van der Waals surface area contributed by atoms with E-state index in [-0.39, 0.29) is 5.41 Å². The normalized spacial score (nSPS) is 12.6. The molecule has 0 N–H and O–H groups in total. The Morgan fingerprint density at radius 1 is 0.194 bits per heavy atom. The van der Waals surface area contributed by atoms with Crippen molar-refractivity contribution in [1.29, 1.82) is 0 Å². The topological polar surface area (TPSA) is 19.2 Å². The van der Waals surface area contributed by atoms with E-state index >= 15 is 0 Å². The van der Waals surface area contributed by atoms with Crippen LogP contribution in [0.15, 0.2) is 309 Å². The van der Waals surface area contributed by atoms with E-state index in [1.807, 2.05) is 0 Å². The molecule has 0 unspecified atom stereocenters. The molecule has 0 aliphatic heterocycles. The maximum absolute atomic E-state index is 2.75. The lowest BCUT2D eigenvalue weighted by Crippen LogP contribution is -2.15. The van der Waals surface area contributed by atoms with E-state index in [0.29, 0.717) is 0 Å². The predicted octanol–water partition coefficient (Wildman–Crippen LogP) is 25.8. The second-order valence-electron chi connectivity index (χ2n) is 28.1. The molecule has 4 nitrogen and oxygen atoms in total. The van der Waals surface area contributed by atoms with E-state index in [1.165, 1.54) is 190 Å². The molecule has 0 fully saturated rings. The fourth-order valence-electron chi connectivity index (χ4n) is 18.3. The molecule has 0 bridgehead atoms. The van der Waals surface area contributed by atoms with Gasteiger partial charge < -0.3 is 18.1 Å². The number of hydrogen-bond acceptors (Lipinski definition) is 0. The van der Waals surface area contributed by atoms with E-state index < -0.39 is 0 Å². The third-order valence-corrected chi connectivity index (χ3v) is 22.1. The first-order valence-electron chi connectivity index (χ1n) is 34.3. The third kappa shape index (κ3) is 7.02. The summed E-state index contributed by atoms with van der Waals surface area (Å²) in [7, 11) is 0. The van der Waals surface area contributed by atoms with Crippen molar-refractivity contribution in [2.45, 2.75) is 26.2 Å². The zero-order valence-electron chi connectivity index (χ0n) is 54.2. The van der Waals surface area contributed by atoms with E-state index in [2.05, 4.69) is 348 Å². The van der Waals surface area contributed by atoms with Gasteiger partial charge in [0.1, 0.15) is 0 Å². The van der Waals surface area contributed by atoms with Crippen LogP contribution in [0, 0.1) is 0 Å². The van der Waals surface area contributed by atoms with Gasteiger partial charge >= 0.3 is 0 Å². The van der Waals surface area contributed by atoms with Gasteiger partial charge in [0.15, 0.2) is 0 Å². The summed E-state index contributed by atoms with van der Waals surface area (Å²) in [4.78, 5) is 0. The molecule has 0 aliphatic rings.